The lowest BCUT2D eigenvalue weighted by molar-refractivity contribution is 0.272. The molecule has 4 nitrogen and oxygen atoms in total. The molecule has 1 aromatic carbocycles. The lowest BCUT2D eigenvalue weighted by Gasteiger charge is -2.34. The Morgan fingerprint density at radius 3 is 2.16 bits per heavy atom. The molecule has 0 radical (unpaired) electrons. The van der Waals surface area contributed by atoms with Crippen LogP contribution in [0.3, 0.4) is 0 Å². The highest BCUT2D eigenvalue weighted by Crippen LogP contribution is 2.18. The number of nitrogens with zero attached hydrogens (tertiary/aromatic N) is 2. The Kier molecular flexibility index (Phi) is 4.50. The standard InChI is InChI=1S/C12H16N2O2S3/c1-10-2-4-11(5-3-10)19(15,16)14-8-6-13(7-9-14)12(17)18/h2-5H,6-9H2,1H3,(H,17,18). The quantitative estimate of drug-likeness (QED) is 0.663. The Morgan fingerprint density at radius 2 is 1.68 bits per heavy atom. The first-order valence-corrected chi connectivity index (χ1v) is 8.25. The summed E-state index contributed by atoms with van der Waals surface area (Å²) in [6.07, 6.45) is 0. The first-order chi connectivity index (χ1) is 8.91. The van der Waals surface area contributed by atoms with Gasteiger partial charge in [0.15, 0.2) is 0 Å². The van der Waals surface area contributed by atoms with Crippen molar-refractivity contribution in [2.45, 2.75) is 11.8 Å². The summed E-state index contributed by atoms with van der Waals surface area (Å²) in [5.41, 5.74) is 1.05. The van der Waals surface area contributed by atoms with Gasteiger partial charge in [0.2, 0.25) is 10.0 Å². The molecule has 0 bridgehead atoms. The summed E-state index contributed by atoms with van der Waals surface area (Å²) in [5, 5.41) is 0. The number of benzene rings is 1. The average Bonchev–Trinajstić information content (AvgIpc) is 2.39. The molecule has 0 saturated carbocycles. The third kappa shape index (κ3) is 3.28. The largest absolute Gasteiger partial charge is 0.355 e. The second-order valence-electron chi connectivity index (χ2n) is 4.49. The Hall–Kier alpha value is -0.630. The van der Waals surface area contributed by atoms with E-state index in [4.69, 9.17) is 12.2 Å². The highest BCUT2D eigenvalue weighted by molar-refractivity contribution is 8.10. The first-order valence-electron chi connectivity index (χ1n) is 5.96. The van der Waals surface area contributed by atoms with Crippen molar-refractivity contribution < 1.29 is 8.42 Å². The van der Waals surface area contributed by atoms with E-state index in [1.165, 1.54) is 4.31 Å². The van der Waals surface area contributed by atoms with E-state index < -0.39 is 10.0 Å². The SMILES string of the molecule is Cc1ccc(S(=O)(=O)N2CCN(C(=S)S)CC2)cc1. The Morgan fingerprint density at radius 1 is 1.16 bits per heavy atom. The van der Waals surface area contributed by atoms with Crippen molar-refractivity contribution in [2.24, 2.45) is 0 Å². The second kappa shape index (κ2) is 5.78. The molecule has 0 spiro atoms. The van der Waals surface area contributed by atoms with Crippen molar-refractivity contribution in [3.8, 4) is 0 Å². The summed E-state index contributed by atoms with van der Waals surface area (Å²) in [7, 11) is -3.39. The number of piperazine rings is 1. The number of thiol groups is 1. The van der Waals surface area contributed by atoms with Crippen LogP contribution >= 0.6 is 24.8 Å². The van der Waals surface area contributed by atoms with Gasteiger partial charge in [0, 0.05) is 26.2 Å². The monoisotopic (exact) mass is 316 g/mol. The van der Waals surface area contributed by atoms with E-state index in [1.54, 1.807) is 12.1 Å². The average molecular weight is 316 g/mol. The maximum Gasteiger partial charge on any atom is 0.243 e. The van der Waals surface area contributed by atoms with Crippen LogP contribution in [0.25, 0.3) is 0 Å². The molecule has 0 atom stereocenters. The van der Waals surface area contributed by atoms with Crippen molar-refractivity contribution in [2.75, 3.05) is 26.2 Å². The van der Waals surface area contributed by atoms with Crippen molar-refractivity contribution in [3.63, 3.8) is 0 Å². The summed E-state index contributed by atoms with van der Waals surface area (Å²) in [6.45, 7) is 4.00. The molecule has 1 saturated heterocycles. The van der Waals surface area contributed by atoms with Gasteiger partial charge in [-0.2, -0.15) is 4.31 Å². The topological polar surface area (TPSA) is 40.6 Å². The van der Waals surface area contributed by atoms with E-state index in [0.29, 0.717) is 35.4 Å². The first kappa shape index (κ1) is 14.8. The molecule has 1 aliphatic rings. The minimum atomic E-state index is -3.39. The van der Waals surface area contributed by atoms with E-state index >= 15 is 0 Å². The normalized spacial score (nSPS) is 17.5. The Labute approximate surface area is 124 Å². The van der Waals surface area contributed by atoms with Crippen LogP contribution in [0.4, 0.5) is 0 Å². The van der Waals surface area contributed by atoms with Gasteiger partial charge in [0.1, 0.15) is 4.32 Å². The molecule has 7 heteroatoms. The maximum absolute atomic E-state index is 12.4. The van der Waals surface area contributed by atoms with Gasteiger partial charge in [-0.1, -0.05) is 29.9 Å². The van der Waals surface area contributed by atoms with Gasteiger partial charge in [-0.3, -0.25) is 0 Å². The molecule has 0 amide bonds. The molecule has 0 aromatic heterocycles. The van der Waals surface area contributed by atoms with E-state index in [0.717, 1.165) is 5.56 Å². The van der Waals surface area contributed by atoms with Crippen LogP contribution in [0.2, 0.25) is 0 Å². The molecule has 104 valence electrons. The predicted octanol–water partition coefficient (Wildman–Crippen LogP) is 1.52. The van der Waals surface area contributed by atoms with Crippen LogP contribution in [0.1, 0.15) is 5.56 Å². The maximum atomic E-state index is 12.4. The van der Waals surface area contributed by atoms with Gasteiger partial charge in [-0.25, -0.2) is 8.42 Å². The molecular formula is C12H16N2O2S3. The third-order valence-corrected chi connectivity index (χ3v) is 5.62. The fourth-order valence-electron chi connectivity index (χ4n) is 1.98. The Bertz CT molecular complexity index is 561. The van der Waals surface area contributed by atoms with Crippen LogP contribution in [0.5, 0.6) is 0 Å². The smallest absolute Gasteiger partial charge is 0.243 e. The molecule has 1 heterocycles. The summed E-state index contributed by atoms with van der Waals surface area (Å²) < 4.78 is 26.9. The van der Waals surface area contributed by atoms with E-state index in [9.17, 15) is 8.42 Å². The Balaban J connectivity index is 2.14. The molecule has 1 aromatic rings. The van der Waals surface area contributed by atoms with Crippen LogP contribution in [0, 0.1) is 6.92 Å². The van der Waals surface area contributed by atoms with Crippen LogP contribution in [-0.2, 0) is 10.0 Å². The summed E-state index contributed by atoms with van der Waals surface area (Å²) in [5.74, 6) is 0. The van der Waals surface area contributed by atoms with Gasteiger partial charge in [-0.15, -0.1) is 12.6 Å². The zero-order valence-corrected chi connectivity index (χ0v) is 13.1. The molecule has 0 unspecified atom stereocenters. The van der Waals surface area contributed by atoms with E-state index in [-0.39, 0.29) is 0 Å². The van der Waals surface area contributed by atoms with Gasteiger partial charge < -0.3 is 4.90 Å². The van der Waals surface area contributed by atoms with Gasteiger partial charge in [-0.05, 0) is 19.1 Å². The van der Waals surface area contributed by atoms with Gasteiger partial charge in [0.25, 0.3) is 0 Å². The molecule has 0 aliphatic carbocycles. The number of aryl methyl sites for hydroxylation is 1. The predicted molar refractivity (Wildman–Crippen MR) is 83.1 cm³/mol. The van der Waals surface area contributed by atoms with E-state index in [2.05, 4.69) is 12.6 Å². The fraction of sp³-hybridized carbons (Fsp3) is 0.417. The van der Waals surface area contributed by atoms with Crippen molar-refractivity contribution in [1.29, 1.82) is 0 Å². The second-order valence-corrected chi connectivity index (χ2v) is 7.54. The van der Waals surface area contributed by atoms with Crippen molar-refractivity contribution in [3.05, 3.63) is 29.8 Å². The summed E-state index contributed by atoms with van der Waals surface area (Å²) >= 11 is 9.09. The number of hydrogen-bond donors (Lipinski definition) is 1. The van der Waals surface area contributed by atoms with Crippen molar-refractivity contribution in [1.82, 2.24) is 9.21 Å². The molecule has 0 N–H and O–H groups in total. The lowest BCUT2D eigenvalue weighted by atomic mass is 10.2. The number of thiocarbonyl (C=S) groups is 1. The summed E-state index contributed by atoms with van der Waals surface area (Å²) in [6, 6.07) is 6.93. The van der Waals surface area contributed by atoms with Crippen LogP contribution in [0.15, 0.2) is 29.2 Å². The zero-order chi connectivity index (χ0) is 14.0. The summed E-state index contributed by atoms with van der Waals surface area (Å²) in [4.78, 5) is 2.25. The molecular weight excluding hydrogens is 300 g/mol. The third-order valence-electron chi connectivity index (χ3n) is 3.17. The number of hydrogen-bond acceptors (Lipinski definition) is 3. The highest BCUT2D eigenvalue weighted by Gasteiger charge is 2.28. The zero-order valence-electron chi connectivity index (χ0n) is 10.6. The minimum Gasteiger partial charge on any atom is -0.355 e. The lowest BCUT2D eigenvalue weighted by Crippen LogP contribution is -2.49. The highest BCUT2D eigenvalue weighted by atomic mass is 32.2. The van der Waals surface area contributed by atoms with Crippen LogP contribution in [-0.4, -0.2) is 48.1 Å². The van der Waals surface area contributed by atoms with E-state index in [1.807, 2.05) is 24.0 Å². The molecule has 19 heavy (non-hydrogen) atoms. The molecule has 1 fully saturated rings. The fourth-order valence-corrected chi connectivity index (χ4v) is 3.78. The number of sulfonamides is 1. The molecule has 1 aliphatic heterocycles. The minimum absolute atomic E-state index is 0.347. The molecule has 2 rings (SSSR count). The van der Waals surface area contributed by atoms with Crippen molar-refractivity contribution >= 4 is 39.2 Å². The van der Waals surface area contributed by atoms with Gasteiger partial charge in [0.05, 0.1) is 4.90 Å². The van der Waals surface area contributed by atoms with Gasteiger partial charge >= 0.3 is 0 Å². The number of rotatable bonds is 2. The van der Waals surface area contributed by atoms with Crippen LogP contribution < -0.4 is 0 Å².